The number of aliphatic carboxylic acids is 1. The Bertz CT molecular complexity index is 36.7. The van der Waals surface area contributed by atoms with Gasteiger partial charge in [-0.3, -0.25) is 0 Å². The summed E-state index contributed by atoms with van der Waals surface area (Å²) < 4.78 is 0. The van der Waals surface area contributed by atoms with E-state index in [0.717, 1.165) is 6.92 Å². The molecule has 52 valence electrons. The van der Waals surface area contributed by atoms with Crippen LogP contribution in [0.1, 0.15) is 6.92 Å². The van der Waals surface area contributed by atoms with E-state index < -0.39 is 5.97 Å². The van der Waals surface area contributed by atoms with Crippen LogP contribution in [0.5, 0.6) is 0 Å². The zero-order chi connectivity index (χ0) is 5.58. The number of carbonyl (C=O) groups excluding carboxylic acids is 1. The first kappa shape index (κ1) is 15.7. The largest absolute Gasteiger partial charge is 1.00 e. The predicted octanol–water partition coefficient (Wildman–Crippen LogP) is -0.559. The molecule has 0 aliphatic carbocycles. The first-order chi connectivity index (χ1) is 2.73. The molecule has 2 nitrogen and oxygen atoms in total. The third-order valence-corrected chi connectivity index (χ3v) is 0. The number of halogens is 1. The topological polar surface area (TPSA) is 40.1 Å². The van der Waals surface area contributed by atoms with Gasteiger partial charge in [0.1, 0.15) is 0 Å². The van der Waals surface area contributed by atoms with Crippen molar-refractivity contribution >= 4 is 16.1 Å². The van der Waals surface area contributed by atoms with Crippen molar-refractivity contribution in [3.8, 4) is 0 Å². The van der Waals surface area contributed by atoms with Crippen LogP contribution < -0.4 is 5.11 Å². The summed E-state index contributed by atoms with van der Waals surface area (Å²) in [4.78, 5) is 8.89. The van der Waals surface area contributed by atoms with Gasteiger partial charge < -0.3 is 9.90 Å². The third kappa shape index (κ3) is 245. The van der Waals surface area contributed by atoms with Gasteiger partial charge in [0.2, 0.25) is 0 Å². The second-order valence-corrected chi connectivity index (χ2v) is 0.492. The SMILES string of the molecule is CC(=O)[O-].[Cl][Cu].[Cu+]. The smallest absolute Gasteiger partial charge is 1.00 e. The number of hydrogen-bond donors (Lipinski definition) is 0. The van der Waals surface area contributed by atoms with Crippen molar-refractivity contribution < 1.29 is 42.1 Å². The standard InChI is InChI=1S/C2H4O2.ClH.2Cu/c1-2(3)4;;;/h1H3,(H,3,4);1H;;/q;;2*+1/p-2. The summed E-state index contributed by atoms with van der Waals surface area (Å²) in [5, 5.41) is 8.89. The van der Waals surface area contributed by atoms with Gasteiger partial charge in [0.25, 0.3) is 0 Å². The summed E-state index contributed by atoms with van der Waals surface area (Å²) in [6.45, 7) is 0.972. The quantitative estimate of drug-likeness (QED) is 0.515. The van der Waals surface area contributed by atoms with Crippen LogP contribution in [0.15, 0.2) is 0 Å². The Morgan fingerprint density at radius 2 is 1.71 bits per heavy atom. The van der Waals surface area contributed by atoms with E-state index in [4.69, 9.17) is 9.90 Å². The van der Waals surface area contributed by atoms with Crippen LogP contribution in [0.3, 0.4) is 0 Å². The van der Waals surface area contributed by atoms with Crippen molar-refractivity contribution in [1.82, 2.24) is 0 Å². The number of carboxylic acid groups (broad SMARTS) is 1. The van der Waals surface area contributed by atoms with Gasteiger partial charge >= 0.3 is 42.3 Å². The zero-order valence-electron chi connectivity index (χ0n) is 3.30. The Morgan fingerprint density at radius 3 is 1.71 bits per heavy atom. The molecule has 5 heteroatoms. The van der Waals surface area contributed by atoms with Gasteiger partial charge in [-0.15, -0.1) is 0 Å². The maximum atomic E-state index is 8.89. The van der Waals surface area contributed by atoms with E-state index in [1.54, 1.807) is 0 Å². The first-order valence-electron chi connectivity index (χ1n) is 1.02. The summed E-state index contributed by atoms with van der Waals surface area (Å²) in [5.74, 6) is -1.08. The number of rotatable bonds is 0. The van der Waals surface area contributed by atoms with Gasteiger partial charge in [0.05, 0.1) is 0 Å². The monoisotopic (exact) mass is 220 g/mol. The average Bonchev–Trinajstić information content (AvgIpc) is 1.41. The Labute approximate surface area is 65.1 Å². The van der Waals surface area contributed by atoms with Crippen molar-refractivity contribution in [3.63, 3.8) is 0 Å². The molecule has 0 rings (SSSR count). The van der Waals surface area contributed by atoms with E-state index in [2.05, 4.69) is 25.2 Å². The molecule has 0 saturated heterocycles. The van der Waals surface area contributed by atoms with Crippen LogP contribution in [0, 0.1) is 0 Å². The van der Waals surface area contributed by atoms with Crippen molar-refractivity contribution in [2.45, 2.75) is 6.92 Å². The molecule has 0 bridgehead atoms. The number of carboxylic acids is 1. The van der Waals surface area contributed by atoms with Gasteiger partial charge in [0, 0.05) is 5.97 Å². The van der Waals surface area contributed by atoms with E-state index in [-0.39, 0.29) is 17.1 Å². The molecule has 0 aromatic rings. The molecule has 0 atom stereocenters. The van der Waals surface area contributed by atoms with E-state index in [0.29, 0.717) is 0 Å². The molecule has 0 unspecified atom stereocenters. The fourth-order valence-corrected chi connectivity index (χ4v) is 0. The molecular weight excluding hydrogens is 219 g/mol. The summed E-state index contributed by atoms with van der Waals surface area (Å²) >= 11 is 3.66. The summed E-state index contributed by atoms with van der Waals surface area (Å²) in [5.41, 5.74) is 0. The minimum Gasteiger partial charge on any atom is 1.00 e. The van der Waals surface area contributed by atoms with Gasteiger partial charge in [-0.2, -0.15) is 0 Å². The first-order valence-corrected chi connectivity index (χ1v) is 2.32. The Balaban J connectivity index is -0.0000000480. The minimum absolute atomic E-state index is 0. The molecule has 0 radical (unpaired) electrons. The maximum absolute atomic E-state index is 8.89. The molecule has 0 spiro atoms. The molecule has 0 aliphatic heterocycles. The van der Waals surface area contributed by atoms with Crippen LogP contribution in [0.25, 0.3) is 0 Å². The van der Waals surface area contributed by atoms with Crippen molar-refractivity contribution in [2.75, 3.05) is 0 Å². The fourth-order valence-electron chi connectivity index (χ4n) is 0. The molecule has 0 aromatic heterocycles. The normalized spacial score (nSPS) is 4.57. The Hall–Kier alpha value is 0.799. The van der Waals surface area contributed by atoms with E-state index in [1.807, 2.05) is 0 Å². The molecule has 0 N–H and O–H groups in total. The molecule has 0 heterocycles. The Morgan fingerprint density at radius 1 is 1.71 bits per heavy atom. The predicted molar refractivity (Wildman–Crippen MR) is 16.5 cm³/mol. The van der Waals surface area contributed by atoms with Crippen LogP contribution >= 0.6 is 10.1 Å². The van der Waals surface area contributed by atoms with Gasteiger partial charge in [-0.25, -0.2) is 0 Å². The molecule has 0 aliphatic rings. The molecular formula is C2H3ClCu2O2. The molecule has 7 heavy (non-hydrogen) atoms. The van der Waals surface area contributed by atoms with Crippen LogP contribution in [-0.4, -0.2) is 5.97 Å². The van der Waals surface area contributed by atoms with Gasteiger partial charge in [0.15, 0.2) is 0 Å². The summed E-state index contributed by atoms with van der Waals surface area (Å²) in [7, 11) is 4.20. The average molecular weight is 222 g/mol. The van der Waals surface area contributed by atoms with Gasteiger partial charge in [-0.1, -0.05) is 0 Å². The zero-order valence-corrected chi connectivity index (χ0v) is 5.94. The summed E-state index contributed by atoms with van der Waals surface area (Å²) in [6, 6.07) is 0. The molecule has 0 amide bonds. The third-order valence-electron chi connectivity index (χ3n) is 0. The molecule has 0 saturated carbocycles. The van der Waals surface area contributed by atoms with E-state index >= 15 is 0 Å². The van der Waals surface area contributed by atoms with Crippen LogP contribution in [-0.2, 0) is 37.0 Å². The fraction of sp³-hybridized carbons (Fsp3) is 0.500. The number of carbonyl (C=O) groups is 1. The van der Waals surface area contributed by atoms with Gasteiger partial charge in [-0.05, 0) is 6.92 Å². The maximum Gasteiger partial charge on any atom is 1.00 e. The van der Waals surface area contributed by atoms with E-state index in [1.165, 1.54) is 0 Å². The molecule has 0 aromatic carbocycles. The Kier molecular flexibility index (Phi) is 35.4. The van der Waals surface area contributed by atoms with Crippen molar-refractivity contribution in [2.24, 2.45) is 0 Å². The molecule has 0 fully saturated rings. The second kappa shape index (κ2) is 15.8. The van der Waals surface area contributed by atoms with Crippen LogP contribution in [0.2, 0.25) is 0 Å². The summed E-state index contributed by atoms with van der Waals surface area (Å²) in [6.07, 6.45) is 0. The van der Waals surface area contributed by atoms with E-state index in [9.17, 15) is 0 Å². The van der Waals surface area contributed by atoms with Crippen molar-refractivity contribution in [1.29, 1.82) is 0 Å². The van der Waals surface area contributed by atoms with Crippen LogP contribution in [0.4, 0.5) is 0 Å². The number of hydrogen-bond acceptors (Lipinski definition) is 2. The van der Waals surface area contributed by atoms with Crippen molar-refractivity contribution in [3.05, 3.63) is 0 Å². The minimum atomic E-state index is -1.08. The second-order valence-electron chi connectivity index (χ2n) is 0.492.